The van der Waals surface area contributed by atoms with Crippen LogP contribution >= 0.6 is 50.5 Å². The molecule has 1 heterocycles. The molecule has 1 aromatic heterocycles. The standard InChI is InChI=1S/C12H9BrCl2O2S/c1-17-12-7(4-6(14)5-8(12)13)11(16)9-2-3-10(15)18-9/h2-5,11,16H,1H3. The van der Waals surface area contributed by atoms with Gasteiger partial charge in [0, 0.05) is 15.5 Å². The third kappa shape index (κ3) is 2.83. The molecule has 2 nitrogen and oxygen atoms in total. The molecule has 96 valence electrons. The minimum Gasteiger partial charge on any atom is -0.495 e. The van der Waals surface area contributed by atoms with Crippen molar-refractivity contribution in [2.24, 2.45) is 0 Å². The van der Waals surface area contributed by atoms with Gasteiger partial charge in [-0.3, -0.25) is 0 Å². The zero-order valence-electron chi connectivity index (χ0n) is 9.28. The molecule has 0 saturated heterocycles. The van der Waals surface area contributed by atoms with Crippen molar-refractivity contribution in [3.63, 3.8) is 0 Å². The number of rotatable bonds is 3. The van der Waals surface area contributed by atoms with E-state index in [1.807, 2.05) is 0 Å². The van der Waals surface area contributed by atoms with Crippen LogP contribution in [-0.2, 0) is 0 Å². The highest BCUT2D eigenvalue weighted by atomic mass is 79.9. The summed E-state index contributed by atoms with van der Waals surface area (Å²) in [6.07, 6.45) is -0.813. The average Bonchev–Trinajstić information content (AvgIpc) is 2.74. The molecule has 0 radical (unpaired) electrons. The topological polar surface area (TPSA) is 29.5 Å². The van der Waals surface area contributed by atoms with E-state index in [1.165, 1.54) is 11.3 Å². The molecular weight excluding hydrogens is 359 g/mol. The van der Waals surface area contributed by atoms with Gasteiger partial charge in [0.05, 0.1) is 15.9 Å². The summed E-state index contributed by atoms with van der Waals surface area (Å²) in [5, 5.41) is 10.9. The Labute approximate surface area is 127 Å². The Morgan fingerprint density at radius 1 is 1.33 bits per heavy atom. The highest BCUT2D eigenvalue weighted by Gasteiger charge is 2.20. The van der Waals surface area contributed by atoms with E-state index in [9.17, 15) is 5.11 Å². The Morgan fingerprint density at radius 2 is 2.06 bits per heavy atom. The second-order valence-corrected chi connectivity index (χ2v) is 6.59. The van der Waals surface area contributed by atoms with Gasteiger partial charge in [0.25, 0.3) is 0 Å². The van der Waals surface area contributed by atoms with Crippen molar-refractivity contribution in [3.8, 4) is 5.75 Å². The van der Waals surface area contributed by atoms with Gasteiger partial charge in [0.2, 0.25) is 0 Å². The largest absolute Gasteiger partial charge is 0.495 e. The Kier molecular flexibility index (Phi) is 4.56. The molecule has 0 saturated carbocycles. The molecule has 1 aromatic carbocycles. The minimum absolute atomic E-state index is 0.527. The number of ether oxygens (including phenoxy) is 1. The van der Waals surface area contributed by atoms with E-state index in [2.05, 4.69) is 15.9 Å². The molecule has 1 N–H and O–H groups in total. The fraction of sp³-hybridized carbons (Fsp3) is 0.167. The molecule has 1 atom stereocenters. The first kappa shape index (κ1) is 14.2. The van der Waals surface area contributed by atoms with E-state index in [1.54, 1.807) is 31.4 Å². The molecule has 0 aliphatic rings. The highest BCUT2D eigenvalue weighted by Crippen LogP contribution is 2.40. The molecule has 1 unspecified atom stereocenters. The Bertz CT molecular complexity index is 571. The molecule has 0 amide bonds. The molecule has 0 aliphatic carbocycles. The SMILES string of the molecule is COc1c(Br)cc(Cl)cc1C(O)c1ccc(Cl)s1. The number of hydrogen-bond acceptors (Lipinski definition) is 3. The van der Waals surface area contributed by atoms with Crippen molar-refractivity contribution in [1.29, 1.82) is 0 Å². The first-order chi connectivity index (χ1) is 8.52. The number of aliphatic hydroxyl groups is 1. The quantitative estimate of drug-likeness (QED) is 0.835. The summed E-state index contributed by atoms with van der Waals surface area (Å²) in [6.45, 7) is 0. The molecule has 18 heavy (non-hydrogen) atoms. The maximum absolute atomic E-state index is 10.4. The number of benzene rings is 1. The first-order valence-corrected chi connectivity index (χ1v) is 7.35. The van der Waals surface area contributed by atoms with Crippen molar-refractivity contribution >= 4 is 50.5 Å². The molecule has 0 aliphatic heterocycles. The monoisotopic (exact) mass is 366 g/mol. The van der Waals surface area contributed by atoms with Crippen LogP contribution in [0.4, 0.5) is 0 Å². The summed E-state index contributed by atoms with van der Waals surface area (Å²) in [5.41, 5.74) is 0.607. The van der Waals surface area contributed by atoms with E-state index >= 15 is 0 Å². The molecule has 2 rings (SSSR count). The number of thiophene rings is 1. The van der Waals surface area contributed by atoms with Crippen LogP contribution in [0.3, 0.4) is 0 Å². The van der Waals surface area contributed by atoms with Crippen molar-refractivity contribution in [1.82, 2.24) is 0 Å². The van der Waals surface area contributed by atoms with Crippen LogP contribution in [-0.4, -0.2) is 12.2 Å². The van der Waals surface area contributed by atoms with E-state index in [0.29, 0.717) is 25.1 Å². The van der Waals surface area contributed by atoms with Crippen LogP contribution in [0.25, 0.3) is 0 Å². The lowest BCUT2D eigenvalue weighted by molar-refractivity contribution is 0.218. The van der Waals surface area contributed by atoms with Gasteiger partial charge in [-0.05, 0) is 40.2 Å². The lowest BCUT2D eigenvalue weighted by Gasteiger charge is -2.15. The lowest BCUT2D eigenvalue weighted by Crippen LogP contribution is -2.01. The maximum atomic E-state index is 10.4. The summed E-state index contributed by atoms with van der Waals surface area (Å²) in [7, 11) is 1.55. The second kappa shape index (κ2) is 5.80. The van der Waals surface area contributed by atoms with Gasteiger partial charge >= 0.3 is 0 Å². The zero-order chi connectivity index (χ0) is 13.3. The Hall–Kier alpha value is -0.260. The summed E-state index contributed by atoms with van der Waals surface area (Å²) in [6, 6.07) is 6.93. The summed E-state index contributed by atoms with van der Waals surface area (Å²) < 4.78 is 6.62. The van der Waals surface area contributed by atoms with Crippen molar-refractivity contribution in [3.05, 3.63) is 48.5 Å². The van der Waals surface area contributed by atoms with Gasteiger partial charge in [-0.25, -0.2) is 0 Å². The number of halogens is 3. The fourth-order valence-corrected chi connectivity index (χ4v) is 3.69. The number of methoxy groups -OCH3 is 1. The third-order valence-electron chi connectivity index (χ3n) is 2.40. The van der Waals surface area contributed by atoms with Crippen LogP contribution in [0.1, 0.15) is 16.5 Å². The molecule has 0 spiro atoms. The van der Waals surface area contributed by atoms with E-state index in [0.717, 1.165) is 4.88 Å². The molecule has 0 fully saturated rings. The number of aliphatic hydroxyl groups excluding tert-OH is 1. The van der Waals surface area contributed by atoms with Gasteiger partial charge < -0.3 is 9.84 Å². The van der Waals surface area contributed by atoms with Crippen LogP contribution in [0.2, 0.25) is 9.36 Å². The molecule has 6 heteroatoms. The van der Waals surface area contributed by atoms with Gasteiger partial charge in [-0.15, -0.1) is 11.3 Å². The van der Waals surface area contributed by atoms with Gasteiger partial charge in [-0.1, -0.05) is 23.2 Å². The molecule has 2 aromatic rings. The van der Waals surface area contributed by atoms with E-state index in [4.69, 9.17) is 27.9 Å². The van der Waals surface area contributed by atoms with Crippen LogP contribution in [0, 0.1) is 0 Å². The highest BCUT2D eigenvalue weighted by molar-refractivity contribution is 9.10. The van der Waals surface area contributed by atoms with Crippen LogP contribution < -0.4 is 4.74 Å². The summed E-state index contributed by atoms with van der Waals surface area (Å²) in [4.78, 5) is 0.743. The molecule has 0 bridgehead atoms. The van der Waals surface area contributed by atoms with Gasteiger partial charge in [0.1, 0.15) is 11.9 Å². The molecular formula is C12H9BrCl2O2S. The summed E-state index contributed by atoms with van der Waals surface area (Å²) in [5.74, 6) is 0.566. The third-order valence-corrected chi connectivity index (χ3v) is 4.49. The van der Waals surface area contributed by atoms with E-state index < -0.39 is 6.10 Å². The Morgan fingerprint density at radius 3 is 2.61 bits per heavy atom. The lowest BCUT2D eigenvalue weighted by atomic mass is 10.1. The van der Waals surface area contributed by atoms with Crippen molar-refractivity contribution < 1.29 is 9.84 Å². The maximum Gasteiger partial charge on any atom is 0.139 e. The van der Waals surface area contributed by atoms with E-state index in [-0.39, 0.29) is 0 Å². The predicted molar refractivity (Wildman–Crippen MR) is 79.1 cm³/mol. The van der Waals surface area contributed by atoms with Crippen molar-refractivity contribution in [2.75, 3.05) is 7.11 Å². The van der Waals surface area contributed by atoms with Gasteiger partial charge in [0.15, 0.2) is 0 Å². The van der Waals surface area contributed by atoms with Crippen LogP contribution in [0.5, 0.6) is 5.75 Å². The van der Waals surface area contributed by atoms with Crippen LogP contribution in [0.15, 0.2) is 28.7 Å². The number of hydrogen-bond donors (Lipinski definition) is 1. The van der Waals surface area contributed by atoms with Crippen molar-refractivity contribution in [2.45, 2.75) is 6.10 Å². The Balaban J connectivity index is 2.49. The fourth-order valence-electron chi connectivity index (χ4n) is 1.63. The summed E-state index contributed by atoms with van der Waals surface area (Å²) >= 11 is 16.5. The zero-order valence-corrected chi connectivity index (χ0v) is 13.2. The normalized spacial score (nSPS) is 12.5. The minimum atomic E-state index is -0.813. The predicted octanol–water partition coefficient (Wildman–Crippen LogP) is 4.91. The second-order valence-electron chi connectivity index (χ2n) is 3.55. The smallest absolute Gasteiger partial charge is 0.139 e. The van der Waals surface area contributed by atoms with Gasteiger partial charge in [-0.2, -0.15) is 0 Å². The average molecular weight is 368 g/mol. The first-order valence-electron chi connectivity index (χ1n) is 4.99.